The quantitative estimate of drug-likeness (QED) is 0.0146. The number of nitriles is 8. The molecule has 8 rings (SSSR count). The molecule has 520 valence electrons. The summed E-state index contributed by atoms with van der Waals surface area (Å²) in [5.74, 6) is -8.48. The van der Waals surface area contributed by atoms with Crippen LogP contribution >= 0.6 is 94.1 Å². The van der Waals surface area contributed by atoms with E-state index in [9.17, 15) is 42.1 Å². The fraction of sp³-hybridized carbons (Fsp3) is 0.111. The van der Waals surface area contributed by atoms with Crippen molar-refractivity contribution in [3.05, 3.63) is 194 Å². The molecule has 0 fully saturated rings. The smallest absolute Gasteiger partial charge is 0.116 e. The Balaban J connectivity index is 0.000000249. The SMILES string of the molecule is N#CC(C(=N)Sc1ccccc1N)C(C#N)C(=N)Sc1ccccc1N.N#CC(C(=N)Sc1ccccc1N)C(C#N)C(=N)Sc1ccccc1N.N#CC(C(=N)Sc1ccccc1N)C(C#N)C(=N)Sc1ccccc1N.N#CC(C(=N)Sc1ccccc1N)C(C#N)C(=N)Sc1ccccc1N. The van der Waals surface area contributed by atoms with Crippen LogP contribution in [0.15, 0.2) is 233 Å². The molecule has 0 aromatic heterocycles. The van der Waals surface area contributed by atoms with E-state index in [2.05, 4.69) is 0 Å². The van der Waals surface area contributed by atoms with Gasteiger partial charge in [-0.3, -0.25) is 43.3 Å². The zero-order valence-electron chi connectivity index (χ0n) is 54.6. The molecule has 0 saturated carbocycles. The number of nitrogens with zero attached hydrogens (tertiary/aromatic N) is 8. The summed E-state index contributed by atoms with van der Waals surface area (Å²) >= 11 is 8.22. The van der Waals surface area contributed by atoms with Gasteiger partial charge < -0.3 is 45.9 Å². The van der Waals surface area contributed by atoms with E-state index < -0.39 is 47.3 Å². The van der Waals surface area contributed by atoms with E-state index in [0.717, 1.165) is 94.1 Å². The first kappa shape index (κ1) is 82.9. The van der Waals surface area contributed by atoms with Gasteiger partial charge in [0.15, 0.2) is 0 Å². The number of para-hydroxylation sites is 8. The van der Waals surface area contributed by atoms with Crippen molar-refractivity contribution in [2.75, 3.05) is 45.9 Å². The second-order valence-corrected chi connectivity index (χ2v) is 29.6. The second kappa shape index (κ2) is 42.5. The molecule has 8 atom stereocenters. The highest BCUT2D eigenvalue weighted by atomic mass is 32.2. The molecule has 0 spiro atoms. The van der Waals surface area contributed by atoms with E-state index in [0.29, 0.717) is 84.7 Å². The van der Waals surface area contributed by atoms with E-state index >= 15 is 0 Å². The molecule has 32 heteroatoms. The van der Waals surface area contributed by atoms with Crippen LogP contribution in [0.4, 0.5) is 45.5 Å². The number of anilines is 8. The van der Waals surface area contributed by atoms with Gasteiger partial charge in [0.2, 0.25) is 0 Å². The summed E-state index contributed by atoms with van der Waals surface area (Å²) in [5.41, 5.74) is 50.9. The normalized spacial score (nSPS) is 12.4. The van der Waals surface area contributed by atoms with Crippen LogP contribution in [0.25, 0.3) is 0 Å². The maximum absolute atomic E-state index is 9.50. The fourth-order valence-electron chi connectivity index (χ4n) is 8.32. The van der Waals surface area contributed by atoms with Gasteiger partial charge in [-0.25, -0.2) is 0 Å². The lowest BCUT2D eigenvalue weighted by Gasteiger charge is -2.17. The van der Waals surface area contributed by atoms with Gasteiger partial charge >= 0.3 is 0 Å². The predicted octanol–water partition coefficient (Wildman–Crippen LogP) is 15.9. The molecule has 0 aliphatic rings. The molecule has 24 nitrogen and oxygen atoms in total. The Kier molecular flexibility index (Phi) is 33.9. The standard InChI is InChI=1S/4C18H16N6S2/c4*19-9-11(17(23)25-15-7-3-1-5-13(15)21)12(10-20)18(24)26-16-8-4-2-6-14(16)22/h4*1-8,11-12,23-24H,21-22H2. The Labute approximate surface area is 635 Å². The molecule has 0 bridgehead atoms. The van der Waals surface area contributed by atoms with Crippen molar-refractivity contribution >= 4 is 180 Å². The van der Waals surface area contributed by atoms with E-state index in [1.807, 2.05) is 48.6 Å². The molecule has 8 aromatic carbocycles. The van der Waals surface area contributed by atoms with E-state index in [1.54, 1.807) is 194 Å². The minimum atomic E-state index is -1.06. The molecule has 0 aliphatic heterocycles. The van der Waals surface area contributed by atoms with Crippen molar-refractivity contribution in [1.29, 1.82) is 85.4 Å². The number of nitrogens with one attached hydrogen (secondary N) is 8. The first-order valence-electron chi connectivity index (χ1n) is 29.9. The zero-order valence-corrected chi connectivity index (χ0v) is 61.1. The average molecular weight is 1520 g/mol. The maximum Gasteiger partial charge on any atom is 0.116 e. The van der Waals surface area contributed by atoms with Gasteiger partial charge in [-0.05, 0) is 97.1 Å². The largest absolute Gasteiger partial charge is 0.398 e. The molecule has 0 aliphatic carbocycles. The lowest BCUT2D eigenvalue weighted by atomic mass is 9.97. The molecule has 0 heterocycles. The zero-order chi connectivity index (χ0) is 76.4. The van der Waals surface area contributed by atoms with Gasteiger partial charge in [-0.1, -0.05) is 191 Å². The van der Waals surface area contributed by atoms with Crippen LogP contribution < -0.4 is 45.9 Å². The highest BCUT2D eigenvalue weighted by Gasteiger charge is 2.35. The van der Waals surface area contributed by atoms with Crippen LogP contribution in [-0.4, -0.2) is 40.3 Å². The third-order valence-electron chi connectivity index (χ3n) is 13.8. The molecule has 0 saturated heterocycles. The maximum atomic E-state index is 9.50. The minimum Gasteiger partial charge on any atom is -0.398 e. The van der Waals surface area contributed by atoms with Crippen LogP contribution in [0.3, 0.4) is 0 Å². The van der Waals surface area contributed by atoms with Gasteiger partial charge in [0.1, 0.15) is 47.3 Å². The van der Waals surface area contributed by atoms with Gasteiger partial charge in [-0.2, -0.15) is 42.1 Å². The van der Waals surface area contributed by atoms with Crippen LogP contribution in [-0.2, 0) is 0 Å². The van der Waals surface area contributed by atoms with Crippen LogP contribution in [0.2, 0.25) is 0 Å². The van der Waals surface area contributed by atoms with E-state index in [4.69, 9.17) is 89.1 Å². The van der Waals surface area contributed by atoms with E-state index in [1.165, 1.54) is 0 Å². The number of thioether (sulfide) groups is 8. The van der Waals surface area contributed by atoms with E-state index in [-0.39, 0.29) is 40.3 Å². The van der Waals surface area contributed by atoms with Crippen molar-refractivity contribution in [2.45, 2.75) is 39.2 Å². The Morgan fingerprint density at radius 1 is 0.192 bits per heavy atom. The van der Waals surface area contributed by atoms with Gasteiger partial charge in [0.05, 0.1) is 88.9 Å². The first-order chi connectivity index (χ1) is 49.9. The number of hydrogen-bond donors (Lipinski definition) is 16. The summed E-state index contributed by atoms with van der Waals surface area (Å²) in [6, 6.07) is 71.9. The number of nitrogens with two attached hydrogens (primary N) is 8. The number of benzene rings is 8. The molecular weight excluding hydrogens is 1460 g/mol. The monoisotopic (exact) mass is 1520 g/mol. The third kappa shape index (κ3) is 24.2. The lowest BCUT2D eigenvalue weighted by Crippen LogP contribution is -2.24. The van der Waals surface area contributed by atoms with Crippen molar-refractivity contribution in [3.63, 3.8) is 0 Å². The molecular formula is C72H64N24S8. The highest BCUT2D eigenvalue weighted by Crippen LogP contribution is 2.40. The highest BCUT2D eigenvalue weighted by molar-refractivity contribution is 8.16. The topological polar surface area (TPSA) is 589 Å². The fourth-order valence-corrected chi connectivity index (χ4v) is 15.4. The number of nitrogen functional groups attached to an aromatic ring is 8. The Morgan fingerprint density at radius 3 is 0.356 bits per heavy atom. The molecule has 8 unspecified atom stereocenters. The summed E-state index contributed by atoms with van der Waals surface area (Å²) in [4.78, 5) is 5.12. The Morgan fingerprint density at radius 2 is 0.279 bits per heavy atom. The first-order valence-corrected chi connectivity index (χ1v) is 36.5. The lowest BCUT2D eigenvalue weighted by molar-refractivity contribution is 0.787. The van der Waals surface area contributed by atoms with Crippen LogP contribution in [0.5, 0.6) is 0 Å². The van der Waals surface area contributed by atoms with Crippen LogP contribution in [0.1, 0.15) is 0 Å². The van der Waals surface area contributed by atoms with Crippen LogP contribution in [0, 0.1) is 181 Å². The summed E-state index contributed by atoms with van der Waals surface area (Å²) in [5, 5.41) is 142. The number of rotatable bonds is 20. The summed E-state index contributed by atoms with van der Waals surface area (Å²) in [6.07, 6.45) is 0. The molecule has 104 heavy (non-hydrogen) atoms. The molecule has 0 amide bonds. The second-order valence-electron chi connectivity index (χ2n) is 20.9. The average Bonchev–Trinajstić information content (AvgIpc) is 0.853. The van der Waals surface area contributed by atoms with Crippen molar-refractivity contribution in [2.24, 2.45) is 47.3 Å². The summed E-state index contributed by atoms with van der Waals surface area (Å²) in [6.45, 7) is 0. The summed E-state index contributed by atoms with van der Waals surface area (Å²) < 4.78 is 0. The Bertz CT molecular complexity index is 3950. The summed E-state index contributed by atoms with van der Waals surface area (Å²) in [7, 11) is 0. The molecule has 8 aromatic rings. The van der Waals surface area contributed by atoms with Crippen molar-refractivity contribution < 1.29 is 0 Å². The van der Waals surface area contributed by atoms with Gasteiger partial charge in [-0.15, -0.1) is 0 Å². The predicted molar refractivity (Wildman–Crippen MR) is 428 cm³/mol. The van der Waals surface area contributed by atoms with Crippen molar-refractivity contribution in [3.8, 4) is 48.6 Å². The van der Waals surface area contributed by atoms with Crippen molar-refractivity contribution in [1.82, 2.24) is 0 Å². The third-order valence-corrected chi connectivity index (χ3v) is 22.3. The Hall–Kier alpha value is -11.8. The molecule has 0 radical (unpaired) electrons. The van der Waals surface area contributed by atoms with Gasteiger partial charge in [0.25, 0.3) is 0 Å². The minimum absolute atomic E-state index is 0.0247. The molecule has 24 N–H and O–H groups in total. The number of hydrogen-bond acceptors (Lipinski definition) is 32. The van der Waals surface area contributed by atoms with Gasteiger partial charge in [0, 0.05) is 84.7 Å².